The molecule has 0 spiro atoms. The lowest BCUT2D eigenvalue weighted by Crippen LogP contribution is -2.25. The van der Waals surface area contributed by atoms with Crippen molar-refractivity contribution >= 4 is 38.6 Å². The normalized spacial score (nSPS) is 13.9. The van der Waals surface area contributed by atoms with Crippen LogP contribution in [0.15, 0.2) is 12.1 Å². The molecule has 0 amide bonds. The first-order valence-electron chi connectivity index (χ1n) is 3.81. The number of Topliss-reactive ketones (excluding diaryl/α,β-unsaturated/α-hetero) is 1. The minimum absolute atomic E-state index is 0.382. The number of ketones is 1. The van der Waals surface area contributed by atoms with Gasteiger partial charge in [0, 0.05) is 6.26 Å². The van der Waals surface area contributed by atoms with E-state index in [0.29, 0.717) is 9.21 Å². The molecule has 3 nitrogen and oxygen atoms in total. The molecule has 0 aliphatic carbocycles. The molecule has 0 aliphatic rings. The maximum atomic E-state index is 11.6. The summed E-state index contributed by atoms with van der Waals surface area (Å²) in [5, 5.41) is -1.00. The van der Waals surface area contributed by atoms with Crippen molar-refractivity contribution in [2.24, 2.45) is 0 Å². The van der Waals surface area contributed by atoms with E-state index < -0.39 is 20.9 Å². The third kappa shape index (κ3) is 2.56. The Hall–Kier alpha value is -0.390. The van der Waals surface area contributed by atoms with Crippen LogP contribution in [-0.4, -0.2) is 25.7 Å². The smallest absolute Gasteiger partial charge is 0.190 e. The highest BCUT2D eigenvalue weighted by molar-refractivity contribution is 7.92. The van der Waals surface area contributed by atoms with Crippen molar-refractivity contribution in [2.45, 2.75) is 12.2 Å². The Labute approximate surface area is 91.6 Å². The third-order valence-corrected chi connectivity index (χ3v) is 4.57. The Morgan fingerprint density at radius 2 is 2.07 bits per heavy atom. The Kier molecular flexibility index (Phi) is 3.34. The summed E-state index contributed by atoms with van der Waals surface area (Å²) in [4.78, 5) is 12.0. The molecule has 1 aromatic rings. The first-order valence-corrected chi connectivity index (χ1v) is 6.95. The van der Waals surface area contributed by atoms with E-state index in [0.717, 1.165) is 17.6 Å². The van der Waals surface area contributed by atoms with Crippen molar-refractivity contribution in [1.82, 2.24) is 0 Å². The number of halogens is 1. The number of rotatable bonds is 3. The Morgan fingerprint density at radius 3 is 2.43 bits per heavy atom. The average molecular weight is 253 g/mol. The lowest BCUT2D eigenvalue weighted by molar-refractivity contribution is 0.0995. The van der Waals surface area contributed by atoms with Crippen LogP contribution in [0.25, 0.3) is 0 Å². The summed E-state index contributed by atoms with van der Waals surface area (Å²) in [5.74, 6) is -0.399. The largest absolute Gasteiger partial charge is 0.292 e. The highest BCUT2D eigenvalue weighted by Crippen LogP contribution is 2.23. The molecule has 0 bridgehead atoms. The highest BCUT2D eigenvalue weighted by Gasteiger charge is 2.25. The molecular formula is C8H9ClO3S2. The van der Waals surface area contributed by atoms with Gasteiger partial charge in [-0.3, -0.25) is 4.79 Å². The van der Waals surface area contributed by atoms with E-state index in [1.807, 2.05) is 0 Å². The molecule has 14 heavy (non-hydrogen) atoms. The summed E-state index contributed by atoms with van der Waals surface area (Å²) in [6.07, 6.45) is 1.05. The predicted molar refractivity (Wildman–Crippen MR) is 58.0 cm³/mol. The van der Waals surface area contributed by atoms with Crippen LogP contribution >= 0.6 is 22.9 Å². The van der Waals surface area contributed by atoms with Crippen molar-refractivity contribution < 1.29 is 13.2 Å². The highest BCUT2D eigenvalue weighted by atomic mass is 35.5. The Morgan fingerprint density at radius 1 is 1.50 bits per heavy atom. The summed E-state index contributed by atoms with van der Waals surface area (Å²) in [6, 6.07) is 3.12. The van der Waals surface area contributed by atoms with Gasteiger partial charge in [0.25, 0.3) is 0 Å². The van der Waals surface area contributed by atoms with Gasteiger partial charge in [0.15, 0.2) is 15.6 Å². The van der Waals surface area contributed by atoms with E-state index in [1.54, 1.807) is 6.07 Å². The maximum Gasteiger partial charge on any atom is 0.190 e. The van der Waals surface area contributed by atoms with Gasteiger partial charge in [-0.25, -0.2) is 8.42 Å². The molecule has 78 valence electrons. The van der Waals surface area contributed by atoms with Gasteiger partial charge >= 0.3 is 0 Å². The second-order valence-electron chi connectivity index (χ2n) is 2.94. The summed E-state index contributed by atoms with van der Waals surface area (Å²) in [7, 11) is -3.33. The molecule has 0 aromatic carbocycles. The lowest BCUT2D eigenvalue weighted by atomic mass is 10.2. The van der Waals surface area contributed by atoms with E-state index in [9.17, 15) is 13.2 Å². The zero-order valence-electron chi connectivity index (χ0n) is 7.65. The van der Waals surface area contributed by atoms with Gasteiger partial charge in [0.1, 0.15) is 5.25 Å². The summed E-state index contributed by atoms with van der Waals surface area (Å²) in [6.45, 7) is 1.38. The van der Waals surface area contributed by atoms with Gasteiger partial charge < -0.3 is 0 Å². The molecule has 0 N–H and O–H groups in total. The number of sulfone groups is 1. The SMILES string of the molecule is CC(C(=O)c1ccc(Cl)s1)S(C)(=O)=O. The number of hydrogen-bond donors (Lipinski definition) is 0. The van der Waals surface area contributed by atoms with Crippen LogP contribution in [0.5, 0.6) is 0 Å². The minimum atomic E-state index is -3.33. The van der Waals surface area contributed by atoms with E-state index in [2.05, 4.69) is 0 Å². The van der Waals surface area contributed by atoms with Gasteiger partial charge in [0.05, 0.1) is 9.21 Å². The minimum Gasteiger partial charge on any atom is -0.292 e. The second kappa shape index (κ2) is 4.00. The van der Waals surface area contributed by atoms with Crippen LogP contribution in [-0.2, 0) is 9.84 Å². The fraction of sp³-hybridized carbons (Fsp3) is 0.375. The fourth-order valence-corrected chi connectivity index (χ4v) is 2.50. The standard InChI is InChI=1S/C8H9ClO3S2/c1-5(14(2,11)12)8(10)6-3-4-7(9)13-6/h3-5H,1-2H3. The third-order valence-electron chi connectivity index (χ3n) is 1.83. The van der Waals surface area contributed by atoms with E-state index in [-0.39, 0.29) is 0 Å². The van der Waals surface area contributed by atoms with Gasteiger partial charge in [-0.15, -0.1) is 11.3 Å². The first kappa shape index (κ1) is 11.7. The summed E-state index contributed by atoms with van der Waals surface area (Å²) in [5.41, 5.74) is 0. The quantitative estimate of drug-likeness (QED) is 0.774. The van der Waals surface area contributed by atoms with Crippen LogP contribution in [0.4, 0.5) is 0 Å². The van der Waals surface area contributed by atoms with Gasteiger partial charge in [0.2, 0.25) is 0 Å². The zero-order valence-corrected chi connectivity index (χ0v) is 10.0. The molecule has 0 fully saturated rings. The predicted octanol–water partition coefficient (Wildman–Crippen LogP) is 2.02. The van der Waals surface area contributed by atoms with Crippen LogP contribution in [0.3, 0.4) is 0 Å². The number of thiophene rings is 1. The summed E-state index contributed by atoms with van der Waals surface area (Å²) < 4.78 is 22.7. The molecule has 0 radical (unpaired) electrons. The van der Waals surface area contributed by atoms with Crippen LogP contribution < -0.4 is 0 Å². The number of hydrogen-bond acceptors (Lipinski definition) is 4. The Bertz CT molecular complexity index is 447. The molecule has 1 rings (SSSR count). The van der Waals surface area contributed by atoms with Crippen LogP contribution in [0.2, 0.25) is 4.34 Å². The van der Waals surface area contributed by atoms with Crippen molar-refractivity contribution in [3.8, 4) is 0 Å². The van der Waals surface area contributed by atoms with Crippen LogP contribution in [0.1, 0.15) is 16.6 Å². The van der Waals surface area contributed by atoms with Gasteiger partial charge in [-0.2, -0.15) is 0 Å². The number of carbonyl (C=O) groups is 1. The van der Waals surface area contributed by atoms with E-state index in [4.69, 9.17) is 11.6 Å². The second-order valence-corrected chi connectivity index (χ2v) is 7.02. The molecule has 1 heterocycles. The average Bonchev–Trinajstić information content (AvgIpc) is 2.47. The van der Waals surface area contributed by atoms with Crippen molar-refractivity contribution in [3.63, 3.8) is 0 Å². The molecule has 0 aliphatic heterocycles. The van der Waals surface area contributed by atoms with Crippen molar-refractivity contribution in [3.05, 3.63) is 21.3 Å². The first-order chi connectivity index (χ1) is 6.32. The maximum absolute atomic E-state index is 11.6. The molecule has 1 unspecified atom stereocenters. The zero-order chi connectivity index (χ0) is 10.9. The molecule has 0 saturated carbocycles. The van der Waals surface area contributed by atoms with Gasteiger partial charge in [-0.1, -0.05) is 11.6 Å². The molecule has 6 heteroatoms. The van der Waals surface area contributed by atoms with Crippen molar-refractivity contribution in [1.29, 1.82) is 0 Å². The van der Waals surface area contributed by atoms with Crippen LogP contribution in [0, 0.1) is 0 Å². The fourth-order valence-electron chi connectivity index (χ4n) is 0.841. The summed E-state index contributed by atoms with van der Waals surface area (Å²) >= 11 is 6.73. The molecule has 1 aromatic heterocycles. The monoisotopic (exact) mass is 252 g/mol. The number of carbonyl (C=O) groups excluding carboxylic acids is 1. The molecule has 1 atom stereocenters. The topological polar surface area (TPSA) is 51.2 Å². The lowest BCUT2D eigenvalue weighted by Gasteiger charge is -2.05. The van der Waals surface area contributed by atoms with E-state index >= 15 is 0 Å². The molecular weight excluding hydrogens is 244 g/mol. The Balaban J connectivity index is 2.98. The molecule has 0 saturated heterocycles. The van der Waals surface area contributed by atoms with E-state index in [1.165, 1.54) is 13.0 Å². The van der Waals surface area contributed by atoms with Crippen molar-refractivity contribution in [2.75, 3.05) is 6.26 Å². The van der Waals surface area contributed by atoms with Gasteiger partial charge in [-0.05, 0) is 19.1 Å².